The molecule has 0 saturated heterocycles. The van der Waals surface area contributed by atoms with Gasteiger partial charge in [0.25, 0.3) is 0 Å². The average molecular weight is 355 g/mol. The highest BCUT2D eigenvalue weighted by Gasteiger charge is 2.28. The quantitative estimate of drug-likeness (QED) is 0.616. The molecule has 1 aliphatic rings. The van der Waals surface area contributed by atoms with Crippen molar-refractivity contribution >= 4 is 21.7 Å². The molecule has 1 aliphatic heterocycles. The van der Waals surface area contributed by atoms with E-state index in [9.17, 15) is 10.1 Å². The molecule has 0 aromatic carbocycles. The van der Waals surface area contributed by atoms with E-state index in [2.05, 4.69) is 25.9 Å². The number of nitro groups is 1. The zero-order chi connectivity index (χ0) is 14.8. The Kier molecular flexibility index (Phi) is 3.74. The zero-order valence-electron chi connectivity index (χ0n) is 10.8. The van der Waals surface area contributed by atoms with Crippen molar-refractivity contribution in [1.29, 1.82) is 0 Å². The van der Waals surface area contributed by atoms with Gasteiger partial charge in [0.15, 0.2) is 0 Å². The summed E-state index contributed by atoms with van der Waals surface area (Å²) in [6.45, 7) is 1.39. The Morgan fingerprint density at radius 3 is 3.14 bits per heavy atom. The van der Waals surface area contributed by atoms with Gasteiger partial charge in [-0.15, -0.1) is 0 Å². The third-order valence-corrected chi connectivity index (χ3v) is 3.45. The van der Waals surface area contributed by atoms with Crippen LogP contribution in [0.2, 0.25) is 0 Å². The van der Waals surface area contributed by atoms with E-state index >= 15 is 0 Å². The van der Waals surface area contributed by atoms with Crippen LogP contribution in [0.1, 0.15) is 0 Å². The highest BCUT2D eigenvalue weighted by molar-refractivity contribution is 9.10. The highest BCUT2D eigenvalue weighted by Crippen LogP contribution is 2.24. The molecule has 110 valence electrons. The number of rotatable bonds is 4. The number of fused-ring (bicyclic) bond motifs is 1. The number of hydrogen-bond acceptors (Lipinski definition) is 6. The number of pyridine rings is 1. The Morgan fingerprint density at radius 2 is 2.43 bits per heavy atom. The van der Waals surface area contributed by atoms with Crippen molar-refractivity contribution < 1.29 is 14.4 Å². The largest absolute Gasteiger partial charge is 0.477 e. The lowest BCUT2D eigenvalue weighted by atomic mass is 10.1. The molecule has 9 heteroatoms. The van der Waals surface area contributed by atoms with E-state index in [1.54, 1.807) is 16.8 Å². The summed E-state index contributed by atoms with van der Waals surface area (Å²) in [5, 5.41) is 10.7. The first-order valence-electron chi connectivity index (χ1n) is 6.20. The molecular formula is C12H11BrN4O4. The molecule has 2 aromatic rings. The predicted octanol–water partition coefficient (Wildman–Crippen LogP) is 2.04. The summed E-state index contributed by atoms with van der Waals surface area (Å²) < 4.78 is 13.5. The van der Waals surface area contributed by atoms with E-state index in [0.29, 0.717) is 25.6 Å². The van der Waals surface area contributed by atoms with Gasteiger partial charge in [0.05, 0.1) is 6.61 Å². The Hall–Kier alpha value is -2.16. The first-order chi connectivity index (χ1) is 10.1. The van der Waals surface area contributed by atoms with E-state index in [1.165, 1.54) is 6.20 Å². The first kappa shape index (κ1) is 13.8. The molecule has 1 atom stereocenters. The molecule has 0 radical (unpaired) electrons. The number of nitrogens with zero attached hydrogens (tertiary/aromatic N) is 4. The molecule has 0 saturated carbocycles. The maximum absolute atomic E-state index is 10.7. The summed E-state index contributed by atoms with van der Waals surface area (Å²) in [7, 11) is 0. The molecule has 3 heterocycles. The third kappa shape index (κ3) is 3.13. The lowest BCUT2D eigenvalue weighted by molar-refractivity contribution is -0.389. The summed E-state index contributed by atoms with van der Waals surface area (Å²) in [6, 6.07) is 3.89. The van der Waals surface area contributed by atoms with Crippen LogP contribution in [0.15, 0.2) is 29.0 Å². The van der Waals surface area contributed by atoms with Crippen LogP contribution in [0.5, 0.6) is 11.9 Å². The molecule has 1 unspecified atom stereocenters. The summed E-state index contributed by atoms with van der Waals surface area (Å²) in [5.41, 5.74) is 0. The molecule has 8 nitrogen and oxygen atoms in total. The van der Waals surface area contributed by atoms with Crippen LogP contribution in [0.4, 0.5) is 5.82 Å². The van der Waals surface area contributed by atoms with Crippen LogP contribution in [0.3, 0.4) is 0 Å². The summed E-state index contributed by atoms with van der Waals surface area (Å²) in [5.74, 6) is 0.401. The smallest absolute Gasteiger partial charge is 0.414 e. The van der Waals surface area contributed by atoms with Crippen molar-refractivity contribution in [2.24, 2.45) is 5.92 Å². The van der Waals surface area contributed by atoms with Crippen molar-refractivity contribution in [1.82, 2.24) is 14.5 Å². The van der Waals surface area contributed by atoms with Gasteiger partial charge < -0.3 is 19.6 Å². The maximum atomic E-state index is 10.7. The van der Waals surface area contributed by atoms with Gasteiger partial charge >= 0.3 is 11.8 Å². The van der Waals surface area contributed by atoms with Gasteiger partial charge in [-0.3, -0.25) is 4.57 Å². The van der Waals surface area contributed by atoms with Crippen LogP contribution < -0.4 is 9.47 Å². The fraction of sp³-hybridized carbons (Fsp3) is 0.333. The minimum Gasteiger partial charge on any atom is -0.477 e. The topological polar surface area (TPSA) is 92.3 Å². The molecule has 3 rings (SSSR count). The zero-order valence-corrected chi connectivity index (χ0v) is 12.4. The molecule has 0 bridgehead atoms. The molecule has 21 heavy (non-hydrogen) atoms. The number of hydrogen-bond donors (Lipinski definition) is 0. The Labute approximate surface area is 128 Å². The van der Waals surface area contributed by atoms with Crippen LogP contribution >= 0.6 is 15.9 Å². The van der Waals surface area contributed by atoms with E-state index in [1.807, 2.05) is 6.07 Å². The summed E-state index contributed by atoms with van der Waals surface area (Å²) in [6.07, 6.45) is 3.03. The lowest BCUT2D eigenvalue weighted by Crippen LogP contribution is -2.29. The van der Waals surface area contributed by atoms with E-state index in [-0.39, 0.29) is 17.7 Å². The molecule has 0 fully saturated rings. The average Bonchev–Trinajstić information content (AvgIpc) is 2.90. The Morgan fingerprint density at radius 1 is 1.57 bits per heavy atom. The second-order valence-electron chi connectivity index (χ2n) is 4.59. The number of imidazole rings is 1. The molecule has 2 aromatic heterocycles. The fourth-order valence-electron chi connectivity index (χ4n) is 1.99. The highest BCUT2D eigenvalue weighted by atomic mass is 79.9. The van der Waals surface area contributed by atoms with Gasteiger partial charge in [-0.2, -0.15) is 0 Å². The van der Waals surface area contributed by atoms with Gasteiger partial charge in [0, 0.05) is 34.2 Å². The monoisotopic (exact) mass is 354 g/mol. The van der Waals surface area contributed by atoms with Gasteiger partial charge in [-0.25, -0.2) is 4.98 Å². The van der Waals surface area contributed by atoms with Crippen molar-refractivity contribution in [2.75, 3.05) is 13.2 Å². The lowest BCUT2D eigenvalue weighted by Gasteiger charge is -2.21. The third-order valence-electron chi connectivity index (χ3n) is 2.98. The van der Waals surface area contributed by atoms with Gasteiger partial charge in [0.1, 0.15) is 12.8 Å². The SMILES string of the molecule is O=[N+]([O-])c1cn2c(n1)OCC(COc1ccc(Br)cn1)C2. The standard InChI is InChI=1S/C12H11BrN4O4/c13-9-1-2-11(14-3-9)20-6-8-4-16-5-10(17(18)19)15-12(16)21-7-8/h1-3,5,8H,4,6-7H2. The maximum Gasteiger partial charge on any atom is 0.414 e. The molecule has 0 aliphatic carbocycles. The summed E-state index contributed by atoms with van der Waals surface area (Å²) in [4.78, 5) is 18.1. The second kappa shape index (κ2) is 5.68. The second-order valence-corrected chi connectivity index (χ2v) is 5.51. The Balaban J connectivity index is 1.61. The van der Waals surface area contributed by atoms with Gasteiger partial charge in [0.2, 0.25) is 5.88 Å². The summed E-state index contributed by atoms with van der Waals surface area (Å²) >= 11 is 3.30. The molecular weight excluding hydrogens is 344 g/mol. The first-order valence-corrected chi connectivity index (χ1v) is 7.00. The number of halogens is 1. The minimum absolute atomic E-state index is 0.0803. The Bertz CT molecular complexity index is 658. The normalized spacial score (nSPS) is 16.9. The van der Waals surface area contributed by atoms with Crippen LogP contribution in [-0.2, 0) is 6.54 Å². The van der Waals surface area contributed by atoms with E-state index in [4.69, 9.17) is 9.47 Å². The van der Waals surface area contributed by atoms with Crippen molar-refractivity contribution in [3.63, 3.8) is 0 Å². The fourth-order valence-corrected chi connectivity index (χ4v) is 2.23. The molecule has 0 N–H and O–H groups in total. The van der Waals surface area contributed by atoms with Gasteiger partial charge in [-0.1, -0.05) is 0 Å². The van der Waals surface area contributed by atoms with Crippen LogP contribution in [-0.4, -0.2) is 32.7 Å². The predicted molar refractivity (Wildman–Crippen MR) is 75.3 cm³/mol. The molecule has 0 spiro atoms. The van der Waals surface area contributed by atoms with Crippen molar-refractivity contribution in [3.8, 4) is 11.9 Å². The number of ether oxygens (including phenoxy) is 2. The van der Waals surface area contributed by atoms with Crippen LogP contribution in [0, 0.1) is 16.0 Å². The van der Waals surface area contributed by atoms with Crippen molar-refractivity contribution in [2.45, 2.75) is 6.54 Å². The number of aromatic nitrogens is 3. The van der Waals surface area contributed by atoms with E-state index < -0.39 is 4.92 Å². The van der Waals surface area contributed by atoms with E-state index in [0.717, 1.165) is 4.47 Å². The molecule has 0 amide bonds. The van der Waals surface area contributed by atoms with Crippen molar-refractivity contribution in [3.05, 3.63) is 39.1 Å². The van der Waals surface area contributed by atoms with Crippen LogP contribution in [0.25, 0.3) is 0 Å². The minimum atomic E-state index is -0.536. The van der Waals surface area contributed by atoms with Gasteiger partial charge in [-0.05, 0) is 26.9 Å².